The van der Waals surface area contributed by atoms with E-state index in [1.165, 1.54) is 5.56 Å². The molecule has 2 N–H and O–H groups in total. The summed E-state index contributed by atoms with van der Waals surface area (Å²) in [5.41, 5.74) is 1.29. The lowest BCUT2D eigenvalue weighted by atomic mass is 9.86. The molecule has 2 rings (SSSR count). The standard InChI is InChI=1S/C15H22BrNO2/c1-11(10-18)17-15(13-6-8-19-9-7-13)12-2-4-14(16)5-3-12/h2-5,11,13,15,17-18H,6-10H2,1H3/t11-,15+/m1/s1. The fourth-order valence-corrected chi connectivity index (χ4v) is 2.85. The maximum atomic E-state index is 9.28. The second-order valence-corrected chi connectivity index (χ2v) is 6.14. The first kappa shape index (κ1) is 15.0. The summed E-state index contributed by atoms with van der Waals surface area (Å²) >= 11 is 3.47. The number of aliphatic hydroxyl groups excluding tert-OH is 1. The van der Waals surface area contributed by atoms with E-state index in [0.29, 0.717) is 12.0 Å². The van der Waals surface area contributed by atoms with Crippen LogP contribution in [0.5, 0.6) is 0 Å². The van der Waals surface area contributed by atoms with Crippen molar-refractivity contribution in [3.8, 4) is 0 Å². The van der Waals surface area contributed by atoms with Gasteiger partial charge in [-0.05, 0) is 43.4 Å². The molecule has 106 valence electrons. The molecule has 1 aliphatic rings. The van der Waals surface area contributed by atoms with Crippen molar-refractivity contribution in [2.45, 2.75) is 31.8 Å². The number of rotatable bonds is 5. The fourth-order valence-electron chi connectivity index (χ4n) is 2.58. The molecule has 1 aliphatic heterocycles. The molecule has 0 aromatic heterocycles. The molecule has 0 spiro atoms. The molecule has 4 heteroatoms. The smallest absolute Gasteiger partial charge is 0.0582 e. The number of ether oxygens (including phenoxy) is 1. The van der Waals surface area contributed by atoms with E-state index < -0.39 is 0 Å². The van der Waals surface area contributed by atoms with Crippen molar-refractivity contribution in [3.63, 3.8) is 0 Å². The second kappa shape index (κ2) is 7.39. The lowest BCUT2D eigenvalue weighted by molar-refractivity contribution is 0.0507. The molecule has 1 fully saturated rings. The highest BCUT2D eigenvalue weighted by atomic mass is 79.9. The Hall–Kier alpha value is -0.420. The number of aliphatic hydroxyl groups is 1. The lowest BCUT2D eigenvalue weighted by Gasteiger charge is -2.33. The predicted molar refractivity (Wildman–Crippen MR) is 80.1 cm³/mol. The van der Waals surface area contributed by atoms with Crippen LogP contribution in [0.4, 0.5) is 0 Å². The first-order valence-corrected chi connectivity index (χ1v) is 7.70. The Morgan fingerprint density at radius 3 is 2.53 bits per heavy atom. The molecule has 1 heterocycles. The van der Waals surface area contributed by atoms with E-state index >= 15 is 0 Å². The first-order chi connectivity index (χ1) is 9.20. The van der Waals surface area contributed by atoms with Gasteiger partial charge in [-0.2, -0.15) is 0 Å². The Bertz CT molecular complexity index is 376. The molecule has 1 aromatic carbocycles. The first-order valence-electron chi connectivity index (χ1n) is 6.91. The van der Waals surface area contributed by atoms with Gasteiger partial charge in [0.25, 0.3) is 0 Å². The molecule has 0 aliphatic carbocycles. The van der Waals surface area contributed by atoms with Gasteiger partial charge in [-0.3, -0.25) is 0 Å². The zero-order chi connectivity index (χ0) is 13.7. The van der Waals surface area contributed by atoms with Crippen molar-refractivity contribution >= 4 is 15.9 Å². The fraction of sp³-hybridized carbons (Fsp3) is 0.600. The number of nitrogens with one attached hydrogen (secondary N) is 1. The molecule has 0 unspecified atom stereocenters. The minimum absolute atomic E-state index is 0.108. The van der Waals surface area contributed by atoms with Crippen molar-refractivity contribution in [1.29, 1.82) is 0 Å². The van der Waals surface area contributed by atoms with Gasteiger partial charge in [0.2, 0.25) is 0 Å². The van der Waals surface area contributed by atoms with Crippen LogP contribution in [-0.4, -0.2) is 31.0 Å². The van der Waals surface area contributed by atoms with Gasteiger partial charge in [0, 0.05) is 29.8 Å². The van der Waals surface area contributed by atoms with E-state index in [9.17, 15) is 5.11 Å². The molecule has 0 saturated carbocycles. The minimum Gasteiger partial charge on any atom is -0.395 e. The summed E-state index contributed by atoms with van der Waals surface area (Å²) in [5.74, 6) is 0.573. The summed E-state index contributed by atoms with van der Waals surface area (Å²) in [6.07, 6.45) is 2.15. The second-order valence-electron chi connectivity index (χ2n) is 5.23. The highest BCUT2D eigenvalue weighted by molar-refractivity contribution is 9.10. The number of hydrogen-bond donors (Lipinski definition) is 2. The molecule has 3 nitrogen and oxygen atoms in total. The van der Waals surface area contributed by atoms with Crippen molar-refractivity contribution in [3.05, 3.63) is 34.3 Å². The van der Waals surface area contributed by atoms with Gasteiger partial charge in [0.05, 0.1) is 6.61 Å². The quantitative estimate of drug-likeness (QED) is 0.873. The topological polar surface area (TPSA) is 41.5 Å². The van der Waals surface area contributed by atoms with Gasteiger partial charge >= 0.3 is 0 Å². The van der Waals surface area contributed by atoms with E-state index in [1.54, 1.807) is 0 Å². The molecular weight excluding hydrogens is 306 g/mol. The monoisotopic (exact) mass is 327 g/mol. The summed E-state index contributed by atoms with van der Waals surface area (Å²) in [6, 6.07) is 8.86. The Morgan fingerprint density at radius 2 is 1.95 bits per heavy atom. The van der Waals surface area contributed by atoms with Crippen LogP contribution in [0.15, 0.2) is 28.7 Å². The van der Waals surface area contributed by atoms with E-state index in [0.717, 1.165) is 30.5 Å². The zero-order valence-corrected chi connectivity index (χ0v) is 12.9. The molecule has 0 amide bonds. The Labute approximate surface area is 123 Å². The van der Waals surface area contributed by atoms with Crippen LogP contribution in [0.3, 0.4) is 0 Å². The molecule has 0 bridgehead atoms. The van der Waals surface area contributed by atoms with Crippen LogP contribution < -0.4 is 5.32 Å². The van der Waals surface area contributed by atoms with Crippen LogP contribution in [0.1, 0.15) is 31.4 Å². The molecular formula is C15H22BrNO2. The van der Waals surface area contributed by atoms with Crippen LogP contribution >= 0.6 is 15.9 Å². The third-order valence-electron chi connectivity index (χ3n) is 3.70. The highest BCUT2D eigenvalue weighted by Gasteiger charge is 2.26. The highest BCUT2D eigenvalue weighted by Crippen LogP contribution is 2.31. The van der Waals surface area contributed by atoms with Gasteiger partial charge in [0.1, 0.15) is 0 Å². The Balaban J connectivity index is 2.14. The van der Waals surface area contributed by atoms with Crippen molar-refractivity contribution < 1.29 is 9.84 Å². The van der Waals surface area contributed by atoms with Crippen LogP contribution in [0.25, 0.3) is 0 Å². The number of hydrogen-bond acceptors (Lipinski definition) is 3. The van der Waals surface area contributed by atoms with Crippen molar-refractivity contribution in [2.24, 2.45) is 5.92 Å². The Morgan fingerprint density at radius 1 is 1.32 bits per heavy atom. The summed E-state index contributed by atoms with van der Waals surface area (Å²) in [6.45, 7) is 3.86. The van der Waals surface area contributed by atoms with Crippen LogP contribution in [0.2, 0.25) is 0 Å². The van der Waals surface area contributed by atoms with Gasteiger partial charge in [-0.1, -0.05) is 28.1 Å². The number of benzene rings is 1. The normalized spacial score (nSPS) is 20.2. The van der Waals surface area contributed by atoms with E-state index in [4.69, 9.17) is 4.74 Å². The largest absolute Gasteiger partial charge is 0.395 e. The summed E-state index contributed by atoms with van der Waals surface area (Å²) in [7, 11) is 0. The van der Waals surface area contributed by atoms with E-state index in [-0.39, 0.29) is 12.6 Å². The summed E-state index contributed by atoms with van der Waals surface area (Å²) in [5, 5.41) is 12.8. The molecule has 1 aromatic rings. The lowest BCUT2D eigenvalue weighted by Crippen LogP contribution is -2.38. The number of halogens is 1. The Kier molecular flexibility index (Phi) is 5.82. The van der Waals surface area contributed by atoms with Crippen molar-refractivity contribution in [2.75, 3.05) is 19.8 Å². The molecule has 19 heavy (non-hydrogen) atoms. The minimum atomic E-state index is 0.108. The third kappa shape index (κ3) is 4.28. The average molecular weight is 328 g/mol. The zero-order valence-electron chi connectivity index (χ0n) is 11.3. The average Bonchev–Trinajstić information content (AvgIpc) is 2.46. The SMILES string of the molecule is C[C@H](CO)N[C@@H](c1ccc(Br)cc1)C1CCOCC1. The summed E-state index contributed by atoms with van der Waals surface area (Å²) < 4.78 is 6.55. The third-order valence-corrected chi connectivity index (χ3v) is 4.23. The van der Waals surface area contributed by atoms with Gasteiger partial charge in [0.15, 0.2) is 0 Å². The van der Waals surface area contributed by atoms with Crippen molar-refractivity contribution in [1.82, 2.24) is 5.32 Å². The molecule has 0 radical (unpaired) electrons. The van der Waals surface area contributed by atoms with E-state index in [2.05, 4.69) is 45.5 Å². The summed E-state index contributed by atoms with van der Waals surface area (Å²) in [4.78, 5) is 0. The van der Waals surface area contributed by atoms with Crippen LogP contribution in [-0.2, 0) is 4.74 Å². The molecule has 2 atom stereocenters. The predicted octanol–water partition coefficient (Wildman–Crippen LogP) is 2.89. The maximum Gasteiger partial charge on any atom is 0.0582 e. The van der Waals surface area contributed by atoms with Crippen LogP contribution in [0, 0.1) is 5.92 Å². The van der Waals surface area contributed by atoms with Gasteiger partial charge < -0.3 is 15.2 Å². The maximum absolute atomic E-state index is 9.28. The molecule has 1 saturated heterocycles. The van der Waals surface area contributed by atoms with E-state index in [1.807, 2.05) is 6.92 Å². The van der Waals surface area contributed by atoms with Gasteiger partial charge in [-0.25, -0.2) is 0 Å². The van der Waals surface area contributed by atoms with Gasteiger partial charge in [-0.15, -0.1) is 0 Å².